The van der Waals surface area contributed by atoms with Crippen LogP contribution in [0.1, 0.15) is 51.9 Å². The molecule has 2 N–H and O–H groups in total. The predicted molar refractivity (Wildman–Crippen MR) is 127 cm³/mol. The van der Waals surface area contributed by atoms with E-state index >= 15 is 0 Å². The summed E-state index contributed by atoms with van der Waals surface area (Å²) < 4.78 is 17.0. The molecule has 0 aromatic rings. The summed E-state index contributed by atoms with van der Waals surface area (Å²) in [4.78, 5) is 7.64. The third-order valence-electron chi connectivity index (χ3n) is 6.16. The van der Waals surface area contributed by atoms with Crippen LogP contribution in [0.4, 0.5) is 0 Å². The first-order valence-electron chi connectivity index (χ1n) is 11.4. The van der Waals surface area contributed by atoms with Crippen LogP contribution in [-0.4, -0.2) is 88.3 Å². The molecule has 3 aliphatic rings. The maximum absolute atomic E-state index is 5.75. The molecule has 0 amide bonds. The lowest BCUT2D eigenvalue weighted by Gasteiger charge is -2.43. The normalized spacial score (nSPS) is 25.0. The predicted octanol–water partition coefficient (Wildman–Crippen LogP) is 2.39. The van der Waals surface area contributed by atoms with E-state index in [0.717, 1.165) is 84.3 Å². The van der Waals surface area contributed by atoms with Crippen LogP contribution < -0.4 is 10.6 Å². The molecule has 3 aliphatic heterocycles. The first-order valence-corrected chi connectivity index (χ1v) is 11.4. The minimum atomic E-state index is 0. The minimum Gasteiger partial charge on any atom is -0.381 e. The topological polar surface area (TPSA) is 67.4 Å². The van der Waals surface area contributed by atoms with Gasteiger partial charge in [0.25, 0.3) is 0 Å². The summed E-state index contributed by atoms with van der Waals surface area (Å²) in [5.41, 5.74) is 0.182. The standard InChI is InChI=1S/C21H40N4O3.HI/c1-2-22-20(23-10-6-13-27-17-19-7-5-14-28-19)24-18-21(8-15-26-16-9-21)25-11-3-4-12-25;/h19H,2-18H2,1H3,(H2,22,23,24);1H. The lowest BCUT2D eigenvalue weighted by atomic mass is 9.88. The average molecular weight is 524 g/mol. The number of hydrogen-bond acceptors (Lipinski definition) is 5. The summed E-state index contributed by atoms with van der Waals surface area (Å²) in [6.45, 7) is 11.2. The van der Waals surface area contributed by atoms with Crippen LogP contribution in [0.5, 0.6) is 0 Å². The molecule has 3 saturated heterocycles. The van der Waals surface area contributed by atoms with Crippen LogP contribution in [0.25, 0.3) is 0 Å². The van der Waals surface area contributed by atoms with Crippen molar-refractivity contribution in [2.75, 3.05) is 65.8 Å². The summed E-state index contributed by atoms with van der Waals surface area (Å²) in [6.07, 6.45) is 8.41. The highest BCUT2D eigenvalue weighted by molar-refractivity contribution is 14.0. The van der Waals surface area contributed by atoms with Gasteiger partial charge in [-0.3, -0.25) is 9.89 Å². The van der Waals surface area contributed by atoms with Crippen molar-refractivity contribution < 1.29 is 14.2 Å². The van der Waals surface area contributed by atoms with Crippen molar-refractivity contribution in [1.29, 1.82) is 0 Å². The molecule has 8 heteroatoms. The Labute approximate surface area is 193 Å². The highest BCUT2D eigenvalue weighted by Crippen LogP contribution is 2.31. The Morgan fingerprint density at radius 1 is 1.14 bits per heavy atom. The van der Waals surface area contributed by atoms with Gasteiger partial charge in [-0.25, -0.2) is 0 Å². The molecule has 0 radical (unpaired) electrons. The van der Waals surface area contributed by atoms with E-state index in [2.05, 4.69) is 22.5 Å². The Balaban J connectivity index is 0.00000300. The van der Waals surface area contributed by atoms with E-state index in [9.17, 15) is 0 Å². The zero-order valence-corrected chi connectivity index (χ0v) is 20.5. The van der Waals surface area contributed by atoms with Gasteiger partial charge >= 0.3 is 0 Å². The fourth-order valence-corrected chi connectivity index (χ4v) is 4.46. The molecule has 7 nitrogen and oxygen atoms in total. The SMILES string of the molecule is CCNC(=NCC1(N2CCCC2)CCOCC1)NCCCOCC1CCCO1.I. The lowest BCUT2D eigenvalue weighted by Crippen LogP contribution is -2.54. The average Bonchev–Trinajstić information content (AvgIpc) is 3.44. The number of likely N-dealkylation sites (tertiary alicyclic amines) is 1. The summed E-state index contributed by atoms with van der Waals surface area (Å²) in [7, 11) is 0. The third-order valence-corrected chi connectivity index (χ3v) is 6.16. The van der Waals surface area contributed by atoms with Gasteiger partial charge in [-0.1, -0.05) is 0 Å². The van der Waals surface area contributed by atoms with Crippen molar-refractivity contribution in [3.63, 3.8) is 0 Å². The van der Waals surface area contributed by atoms with Gasteiger partial charge in [0.2, 0.25) is 0 Å². The molecule has 3 heterocycles. The number of ether oxygens (including phenoxy) is 3. The smallest absolute Gasteiger partial charge is 0.191 e. The molecule has 1 unspecified atom stereocenters. The number of aliphatic imine (C=N–C) groups is 1. The first-order chi connectivity index (χ1) is 13.8. The van der Waals surface area contributed by atoms with Crippen LogP contribution in [0.15, 0.2) is 4.99 Å². The second kappa shape index (κ2) is 14.0. The quantitative estimate of drug-likeness (QED) is 0.198. The van der Waals surface area contributed by atoms with Gasteiger partial charge < -0.3 is 24.8 Å². The van der Waals surface area contributed by atoms with Gasteiger partial charge in [-0.15, -0.1) is 24.0 Å². The van der Waals surface area contributed by atoms with Gasteiger partial charge in [-0.05, 0) is 65.0 Å². The number of guanidine groups is 1. The highest BCUT2D eigenvalue weighted by atomic mass is 127. The fraction of sp³-hybridized carbons (Fsp3) is 0.952. The second-order valence-corrected chi connectivity index (χ2v) is 8.22. The van der Waals surface area contributed by atoms with E-state index in [-0.39, 0.29) is 29.5 Å². The number of hydrogen-bond donors (Lipinski definition) is 2. The van der Waals surface area contributed by atoms with Gasteiger partial charge in [0.15, 0.2) is 5.96 Å². The zero-order valence-electron chi connectivity index (χ0n) is 18.1. The largest absolute Gasteiger partial charge is 0.381 e. The molecule has 0 spiro atoms. The molecule has 1 atom stereocenters. The molecular formula is C21H41IN4O3. The van der Waals surface area contributed by atoms with E-state index < -0.39 is 0 Å². The molecule has 0 aliphatic carbocycles. The van der Waals surface area contributed by atoms with E-state index in [4.69, 9.17) is 19.2 Å². The van der Waals surface area contributed by atoms with Crippen LogP contribution in [0.2, 0.25) is 0 Å². The molecule has 3 fully saturated rings. The monoisotopic (exact) mass is 524 g/mol. The summed E-state index contributed by atoms with van der Waals surface area (Å²) in [5, 5.41) is 6.87. The van der Waals surface area contributed by atoms with E-state index in [0.29, 0.717) is 6.10 Å². The van der Waals surface area contributed by atoms with Crippen LogP contribution in [0, 0.1) is 0 Å². The van der Waals surface area contributed by atoms with Crippen LogP contribution in [-0.2, 0) is 14.2 Å². The summed E-state index contributed by atoms with van der Waals surface area (Å²) >= 11 is 0. The van der Waals surface area contributed by atoms with E-state index in [1.807, 2.05) is 0 Å². The Hall–Kier alpha value is -0.160. The first kappa shape index (κ1) is 25.1. The summed E-state index contributed by atoms with van der Waals surface area (Å²) in [5.74, 6) is 0.923. The fourth-order valence-electron chi connectivity index (χ4n) is 4.46. The Kier molecular flexibility index (Phi) is 12.1. The van der Waals surface area contributed by atoms with Crippen molar-refractivity contribution >= 4 is 29.9 Å². The number of halogens is 1. The number of nitrogens with zero attached hydrogens (tertiary/aromatic N) is 2. The number of rotatable bonds is 10. The van der Waals surface area contributed by atoms with Crippen molar-refractivity contribution in [2.45, 2.75) is 63.5 Å². The molecule has 29 heavy (non-hydrogen) atoms. The Morgan fingerprint density at radius 3 is 2.62 bits per heavy atom. The number of nitrogens with one attached hydrogen (secondary N) is 2. The molecular weight excluding hydrogens is 483 g/mol. The van der Waals surface area contributed by atoms with Crippen molar-refractivity contribution in [1.82, 2.24) is 15.5 Å². The molecule has 0 bridgehead atoms. The lowest BCUT2D eigenvalue weighted by molar-refractivity contribution is -0.0139. The van der Waals surface area contributed by atoms with E-state index in [1.165, 1.54) is 32.4 Å². The van der Waals surface area contributed by atoms with Gasteiger partial charge in [0.05, 0.1) is 19.3 Å². The summed E-state index contributed by atoms with van der Waals surface area (Å²) in [6, 6.07) is 0. The molecule has 0 saturated carbocycles. The third kappa shape index (κ3) is 8.12. The molecule has 3 rings (SSSR count). The van der Waals surface area contributed by atoms with Gasteiger partial charge in [0, 0.05) is 45.1 Å². The van der Waals surface area contributed by atoms with Crippen molar-refractivity contribution in [2.24, 2.45) is 4.99 Å². The second-order valence-electron chi connectivity index (χ2n) is 8.22. The minimum absolute atomic E-state index is 0. The van der Waals surface area contributed by atoms with Crippen LogP contribution in [0.3, 0.4) is 0 Å². The van der Waals surface area contributed by atoms with Gasteiger partial charge in [0.1, 0.15) is 0 Å². The Bertz CT molecular complexity index is 463. The van der Waals surface area contributed by atoms with Crippen molar-refractivity contribution in [3.8, 4) is 0 Å². The van der Waals surface area contributed by atoms with Crippen molar-refractivity contribution in [3.05, 3.63) is 0 Å². The highest BCUT2D eigenvalue weighted by Gasteiger charge is 2.39. The molecule has 0 aromatic heterocycles. The van der Waals surface area contributed by atoms with Gasteiger partial charge in [-0.2, -0.15) is 0 Å². The molecule has 0 aromatic carbocycles. The maximum atomic E-state index is 5.75. The Morgan fingerprint density at radius 2 is 1.93 bits per heavy atom. The van der Waals surface area contributed by atoms with E-state index in [1.54, 1.807) is 0 Å². The molecule has 170 valence electrons. The zero-order chi connectivity index (χ0) is 19.5. The maximum Gasteiger partial charge on any atom is 0.191 e. The van der Waals surface area contributed by atoms with Crippen LogP contribution >= 0.6 is 24.0 Å².